The molecule has 0 spiro atoms. The van der Waals surface area contributed by atoms with E-state index in [4.69, 9.17) is 19.4 Å². The number of pyridine rings is 1. The number of hydrogen-bond acceptors (Lipinski definition) is 5. The van der Waals surface area contributed by atoms with Crippen molar-refractivity contribution in [1.82, 2.24) is 19.9 Å². The molecule has 0 saturated carbocycles. The molecular formula is C40H24N4O. The SMILES string of the molecule is c1ccc(-c2nc(-c3ccc(-c4ccc5ccccc5c4)cc3)nc(-c3ccnc4oc5cc6ccccc6cc5c34)n2)cc1. The number of rotatable bonds is 4. The van der Waals surface area contributed by atoms with Crippen LogP contribution in [0.2, 0.25) is 0 Å². The zero-order valence-corrected chi connectivity index (χ0v) is 24.1. The minimum Gasteiger partial charge on any atom is -0.438 e. The topological polar surface area (TPSA) is 64.7 Å². The number of fused-ring (bicyclic) bond motifs is 5. The molecule has 0 aliphatic carbocycles. The highest BCUT2D eigenvalue weighted by molar-refractivity contribution is 6.14. The van der Waals surface area contributed by atoms with Crippen molar-refractivity contribution in [1.29, 1.82) is 0 Å². The molecule has 210 valence electrons. The van der Waals surface area contributed by atoms with Crippen molar-refractivity contribution in [3.8, 4) is 45.3 Å². The van der Waals surface area contributed by atoms with E-state index in [0.717, 1.165) is 49.4 Å². The van der Waals surface area contributed by atoms with Crippen LogP contribution in [0.5, 0.6) is 0 Å². The summed E-state index contributed by atoms with van der Waals surface area (Å²) in [4.78, 5) is 19.6. The first-order chi connectivity index (χ1) is 22.3. The van der Waals surface area contributed by atoms with Gasteiger partial charge in [0.2, 0.25) is 5.71 Å². The molecule has 9 aromatic rings. The maximum Gasteiger partial charge on any atom is 0.228 e. The van der Waals surface area contributed by atoms with Crippen molar-refractivity contribution in [2.75, 3.05) is 0 Å². The van der Waals surface area contributed by atoms with Crippen LogP contribution >= 0.6 is 0 Å². The van der Waals surface area contributed by atoms with E-state index in [9.17, 15) is 0 Å². The second-order valence-electron chi connectivity index (χ2n) is 11.1. The Balaban J connectivity index is 1.21. The smallest absolute Gasteiger partial charge is 0.228 e. The van der Waals surface area contributed by atoms with Crippen LogP contribution < -0.4 is 0 Å². The first-order valence-corrected chi connectivity index (χ1v) is 14.9. The normalized spacial score (nSPS) is 11.6. The summed E-state index contributed by atoms with van der Waals surface area (Å²) < 4.78 is 6.25. The highest BCUT2D eigenvalue weighted by atomic mass is 16.3. The van der Waals surface area contributed by atoms with Crippen molar-refractivity contribution in [2.45, 2.75) is 0 Å². The molecule has 0 bridgehead atoms. The van der Waals surface area contributed by atoms with Crippen LogP contribution in [0, 0.1) is 0 Å². The predicted molar refractivity (Wildman–Crippen MR) is 182 cm³/mol. The highest BCUT2D eigenvalue weighted by Gasteiger charge is 2.19. The fourth-order valence-electron chi connectivity index (χ4n) is 6.09. The second kappa shape index (κ2) is 10.2. The van der Waals surface area contributed by atoms with E-state index in [1.165, 1.54) is 16.3 Å². The van der Waals surface area contributed by atoms with Crippen LogP contribution in [0.4, 0.5) is 0 Å². The summed E-state index contributed by atoms with van der Waals surface area (Å²) in [5, 5.41) is 6.57. The van der Waals surface area contributed by atoms with Gasteiger partial charge in [0.1, 0.15) is 5.58 Å². The third-order valence-corrected chi connectivity index (χ3v) is 8.37. The van der Waals surface area contributed by atoms with Gasteiger partial charge in [-0.3, -0.25) is 0 Å². The Kier molecular flexibility index (Phi) is 5.74. The van der Waals surface area contributed by atoms with Crippen LogP contribution in [0.15, 0.2) is 150 Å². The lowest BCUT2D eigenvalue weighted by Gasteiger charge is -2.10. The third-order valence-electron chi connectivity index (χ3n) is 8.37. The van der Waals surface area contributed by atoms with Gasteiger partial charge in [0, 0.05) is 28.3 Å². The molecule has 3 heterocycles. The van der Waals surface area contributed by atoms with Gasteiger partial charge in [-0.25, -0.2) is 19.9 Å². The molecular weight excluding hydrogens is 552 g/mol. The molecule has 0 radical (unpaired) electrons. The van der Waals surface area contributed by atoms with Gasteiger partial charge in [0.05, 0.1) is 5.39 Å². The van der Waals surface area contributed by atoms with Crippen molar-refractivity contribution < 1.29 is 4.42 Å². The molecule has 0 aliphatic heterocycles. The lowest BCUT2D eigenvalue weighted by molar-refractivity contribution is 0.654. The Morgan fingerprint density at radius 3 is 1.76 bits per heavy atom. The molecule has 5 nitrogen and oxygen atoms in total. The summed E-state index contributed by atoms with van der Waals surface area (Å²) in [5.74, 6) is 1.78. The molecule has 0 aliphatic rings. The Bertz CT molecular complexity index is 2540. The first-order valence-electron chi connectivity index (χ1n) is 14.9. The summed E-state index contributed by atoms with van der Waals surface area (Å²) in [7, 11) is 0. The Labute approximate surface area is 258 Å². The molecule has 3 aromatic heterocycles. The fourth-order valence-corrected chi connectivity index (χ4v) is 6.09. The maximum atomic E-state index is 6.25. The van der Waals surface area contributed by atoms with Gasteiger partial charge in [-0.2, -0.15) is 0 Å². The average Bonchev–Trinajstić information content (AvgIpc) is 3.48. The zero-order chi connectivity index (χ0) is 29.7. The number of benzene rings is 6. The van der Waals surface area contributed by atoms with E-state index >= 15 is 0 Å². The number of hydrogen-bond donors (Lipinski definition) is 0. The first kappa shape index (κ1) is 25.3. The van der Waals surface area contributed by atoms with E-state index in [1.807, 2.05) is 48.5 Å². The summed E-state index contributed by atoms with van der Waals surface area (Å²) in [6.07, 6.45) is 1.75. The van der Waals surface area contributed by atoms with Gasteiger partial charge >= 0.3 is 0 Å². The van der Waals surface area contributed by atoms with Gasteiger partial charge in [-0.15, -0.1) is 0 Å². The number of nitrogens with zero attached hydrogens (tertiary/aromatic N) is 4. The molecule has 0 unspecified atom stereocenters. The second-order valence-corrected chi connectivity index (χ2v) is 11.1. The predicted octanol–water partition coefficient (Wildman–Crippen LogP) is 10.1. The van der Waals surface area contributed by atoms with Crippen molar-refractivity contribution in [3.05, 3.63) is 146 Å². The van der Waals surface area contributed by atoms with Crippen molar-refractivity contribution in [2.24, 2.45) is 0 Å². The van der Waals surface area contributed by atoms with E-state index < -0.39 is 0 Å². The lowest BCUT2D eigenvalue weighted by Crippen LogP contribution is -2.00. The van der Waals surface area contributed by atoms with E-state index in [-0.39, 0.29) is 0 Å². The highest BCUT2D eigenvalue weighted by Crippen LogP contribution is 2.37. The van der Waals surface area contributed by atoms with Crippen molar-refractivity contribution in [3.63, 3.8) is 0 Å². The maximum absolute atomic E-state index is 6.25. The summed E-state index contributed by atoms with van der Waals surface area (Å²) in [5.41, 5.74) is 6.32. The Hall–Kier alpha value is -6.20. The minimum atomic E-state index is 0.556. The molecule has 9 rings (SSSR count). The molecule has 0 atom stereocenters. The number of furan rings is 1. The van der Waals surface area contributed by atoms with Gasteiger partial charge in [0.15, 0.2) is 17.5 Å². The quantitative estimate of drug-likeness (QED) is 0.209. The van der Waals surface area contributed by atoms with E-state index in [2.05, 4.69) is 96.0 Å². The largest absolute Gasteiger partial charge is 0.438 e. The third kappa shape index (κ3) is 4.41. The fraction of sp³-hybridized carbons (Fsp3) is 0. The standard InChI is InChI=1S/C40H24N4O/c1-2-9-27(10-3-1)37-42-38(28-17-14-26(15-18-28)32-19-16-25-8-4-5-11-29(25)22-32)44-39(43-37)33-20-21-41-40-36(33)34-23-30-12-6-7-13-31(30)24-35(34)45-40/h1-24H. The molecule has 0 N–H and O–H groups in total. The van der Waals surface area contributed by atoms with Crippen LogP contribution in [0.3, 0.4) is 0 Å². The molecule has 5 heteroatoms. The Morgan fingerprint density at radius 2 is 1.00 bits per heavy atom. The summed E-state index contributed by atoms with van der Waals surface area (Å²) in [6, 6.07) is 47.9. The average molecular weight is 577 g/mol. The van der Waals surface area contributed by atoms with Crippen LogP contribution in [-0.4, -0.2) is 19.9 Å². The van der Waals surface area contributed by atoms with Crippen molar-refractivity contribution >= 4 is 43.6 Å². The number of aromatic nitrogens is 4. The van der Waals surface area contributed by atoms with Gasteiger partial charge in [-0.1, -0.05) is 115 Å². The van der Waals surface area contributed by atoms with Gasteiger partial charge in [0.25, 0.3) is 0 Å². The molecule has 0 saturated heterocycles. The summed E-state index contributed by atoms with van der Waals surface area (Å²) in [6.45, 7) is 0. The van der Waals surface area contributed by atoms with E-state index in [1.54, 1.807) is 6.20 Å². The molecule has 45 heavy (non-hydrogen) atoms. The van der Waals surface area contributed by atoms with E-state index in [0.29, 0.717) is 23.2 Å². The van der Waals surface area contributed by atoms with Gasteiger partial charge in [-0.05, 0) is 56.9 Å². The Morgan fingerprint density at radius 1 is 0.422 bits per heavy atom. The zero-order valence-electron chi connectivity index (χ0n) is 24.1. The van der Waals surface area contributed by atoms with Crippen LogP contribution in [-0.2, 0) is 0 Å². The van der Waals surface area contributed by atoms with Gasteiger partial charge < -0.3 is 4.42 Å². The lowest BCUT2D eigenvalue weighted by atomic mass is 10.00. The monoisotopic (exact) mass is 576 g/mol. The molecule has 0 fully saturated rings. The summed E-state index contributed by atoms with van der Waals surface area (Å²) >= 11 is 0. The van der Waals surface area contributed by atoms with Crippen LogP contribution in [0.25, 0.3) is 88.9 Å². The van der Waals surface area contributed by atoms with Crippen LogP contribution in [0.1, 0.15) is 0 Å². The molecule has 0 amide bonds. The molecule has 6 aromatic carbocycles. The minimum absolute atomic E-state index is 0.556.